The standard InChI is InChI=1S/C7H13F3O2Si/c1-5(2)12-7(11)6(3)4-13(8,9)10/h5-6H,4H2,1-3H3. The topological polar surface area (TPSA) is 26.3 Å². The highest BCUT2D eigenvalue weighted by molar-refractivity contribution is 6.58. The first kappa shape index (κ1) is 12.5. The first-order chi connectivity index (χ1) is 5.72. The van der Waals surface area contributed by atoms with Crippen molar-refractivity contribution in [3.05, 3.63) is 0 Å². The Bertz CT molecular complexity index is 179. The van der Waals surface area contributed by atoms with E-state index in [1.54, 1.807) is 13.8 Å². The highest BCUT2D eigenvalue weighted by Gasteiger charge is 2.40. The van der Waals surface area contributed by atoms with Gasteiger partial charge in [-0.3, -0.25) is 4.79 Å². The average Bonchev–Trinajstić information content (AvgIpc) is 1.81. The number of carbonyl (C=O) groups is 1. The van der Waals surface area contributed by atoms with Gasteiger partial charge in [0.2, 0.25) is 0 Å². The summed E-state index contributed by atoms with van der Waals surface area (Å²) < 4.78 is 40.4. The number of rotatable bonds is 4. The third-order valence-electron chi connectivity index (χ3n) is 1.29. The summed E-state index contributed by atoms with van der Waals surface area (Å²) in [4.78, 5) is 10.9. The summed E-state index contributed by atoms with van der Waals surface area (Å²) in [5.74, 6) is -1.83. The summed E-state index contributed by atoms with van der Waals surface area (Å²) in [7, 11) is -5.63. The van der Waals surface area contributed by atoms with Crippen LogP contribution in [0.2, 0.25) is 6.04 Å². The smallest absolute Gasteiger partial charge is 0.463 e. The van der Waals surface area contributed by atoms with Crippen molar-refractivity contribution >= 4 is 15.0 Å². The van der Waals surface area contributed by atoms with Crippen molar-refractivity contribution in [2.75, 3.05) is 0 Å². The molecule has 0 heterocycles. The Kier molecular flexibility index (Phi) is 4.45. The van der Waals surface area contributed by atoms with Crippen LogP contribution in [0.5, 0.6) is 0 Å². The molecule has 1 unspecified atom stereocenters. The van der Waals surface area contributed by atoms with Gasteiger partial charge in [0.25, 0.3) is 0 Å². The Labute approximate surface area is 76.6 Å². The van der Waals surface area contributed by atoms with Gasteiger partial charge in [0.15, 0.2) is 0 Å². The molecule has 0 spiro atoms. The van der Waals surface area contributed by atoms with Crippen molar-refractivity contribution in [3.8, 4) is 0 Å². The van der Waals surface area contributed by atoms with E-state index in [9.17, 15) is 17.1 Å². The molecule has 0 fully saturated rings. The fraction of sp³-hybridized carbons (Fsp3) is 0.857. The molecule has 0 bridgehead atoms. The zero-order valence-corrected chi connectivity index (χ0v) is 8.81. The quantitative estimate of drug-likeness (QED) is 0.408. The molecule has 0 aliphatic rings. The number of carbonyl (C=O) groups excluding carboxylic acids is 1. The van der Waals surface area contributed by atoms with Crippen LogP contribution >= 0.6 is 0 Å². The second kappa shape index (κ2) is 4.64. The van der Waals surface area contributed by atoms with Crippen LogP contribution in [0.25, 0.3) is 0 Å². The SMILES string of the molecule is CC(C)OC(=O)C(C)C[Si](F)(F)F. The molecule has 0 N–H and O–H groups in total. The lowest BCUT2D eigenvalue weighted by molar-refractivity contribution is -0.151. The maximum Gasteiger partial charge on any atom is 0.616 e. The van der Waals surface area contributed by atoms with E-state index >= 15 is 0 Å². The lowest BCUT2D eigenvalue weighted by Crippen LogP contribution is -2.26. The molecule has 2 nitrogen and oxygen atoms in total. The molecule has 0 amide bonds. The van der Waals surface area contributed by atoms with E-state index in [1.165, 1.54) is 6.92 Å². The summed E-state index contributed by atoms with van der Waals surface area (Å²) in [6.07, 6.45) is -0.357. The van der Waals surface area contributed by atoms with Crippen molar-refractivity contribution in [2.45, 2.75) is 32.9 Å². The molecule has 0 saturated heterocycles. The monoisotopic (exact) mass is 214 g/mol. The van der Waals surface area contributed by atoms with E-state index in [2.05, 4.69) is 4.74 Å². The Hall–Kier alpha value is -0.523. The van der Waals surface area contributed by atoms with Crippen molar-refractivity contribution < 1.29 is 21.9 Å². The van der Waals surface area contributed by atoms with Crippen molar-refractivity contribution in [3.63, 3.8) is 0 Å². The maximum absolute atomic E-state index is 11.9. The normalized spacial score (nSPS) is 14.4. The summed E-state index contributed by atoms with van der Waals surface area (Å²) in [6, 6.07) is -0.988. The third kappa shape index (κ3) is 6.62. The second-order valence-corrected chi connectivity index (χ2v) is 4.84. The van der Waals surface area contributed by atoms with Crippen LogP contribution in [0.15, 0.2) is 0 Å². The molecule has 6 heteroatoms. The summed E-state index contributed by atoms with van der Waals surface area (Å²) >= 11 is 0. The van der Waals surface area contributed by atoms with Gasteiger partial charge in [-0.05, 0) is 13.8 Å². The minimum Gasteiger partial charge on any atom is -0.463 e. The lowest BCUT2D eigenvalue weighted by Gasteiger charge is -2.13. The average molecular weight is 214 g/mol. The van der Waals surface area contributed by atoms with Crippen LogP contribution < -0.4 is 0 Å². The van der Waals surface area contributed by atoms with Crippen LogP contribution in [-0.4, -0.2) is 21.1 Å². The van der Waals surface area contributed by atoms with Crippen LogP contribution in [0.4, 0.5) is 12.3 Å². The fourth-order valence-electron chi connectivity index (χ4n) is 0.779. The van der Waals surface area contributed by atoms with E-state index in [0.29, 0.717) is 0 Å². The van der Waals surface area contributed by atoms with Crippen molar-refractivity contribution in [1.29, 1.82) is 0 Å². The minimum absolute atomic E-state index is 0.357. The van der Waals surface area contributed by atoms with Crippen molar-refractivity contribution in [1.82, 2.24) is 0 Å². The van der Waals surface area contributed by atoms with Crippen LogP contribution in [0.1, 0.15) is 20.8 Å². The molecule has 0 aromatic heterocycles. The molecular formula is C7H13F3O2Si. The van der Waals surface area contributed by atoms with Crippen LogP contribution in [0.3, 0.4) is 0 Å². The van der Waals surface area contributed by atoms with E-state index in [-0.39, 0.29) is 6.10 Å². The van der Waals surface area contributed by atoms with Gasteiger partial charge in [-0.2, -0.15) is 0 Å². The number of halogens is 3. The zero-order valence-electron chi connectivity index (χ0n) is 7.81. The van der Waals surface area contributed by atoms with Gasteiger partial charge < -0.3 is 4.74 Å². The van der Waals surface area contributed by atoms with Gasteiger partial charge in [0.1, 0.15) is 0 Å². The Balaban J connectivity index is 3.97. The largest absolute Gasteiger partial charge is 0.616 e. The molecule has 0 aromatic rings. The van der Waals surface area contributed by atoms with Gasteiger partial charge >= 0.3 is 15.0 Å². The molecule has 0 aliphatic carbocycles. The van der Waals surface area contributed by atoms with Crippen molar-refractivity contribution in [2.24, 2.45) is 5.92 Å². The molecular weight excluding hydrogens is 201 g/mol. The van der Waals surface area contributed by atoms with E-state index < -0.39 is 27.0 Å². The number of esters is 1. The highest BCUT2D eigenvalue weighted by Crippen LogP contribution is 2.21. The maximum atomic E-state index is 11.9. The molecule has 0 saturated carbocycles. The fourth-order valence-corrected chi connectivity index (χ4v) is 1.64. The first-order valence-corrected chi connectivity index (χ1v) is 5.83. The zero-order chi connectivity index (χ0) is 10.6. The predicted molar refractivity (Wildman–Crippen MR) is 44.3 cm³/mol. The van der Waals surface area contributed by atoms with Crippen LogP contribution in [-0.2, 0) is 9.53 Å². The van der Waals surface area contributed by atoms with Gasteiger partial charge in [-0.15, -0.1) is 0 Å². The molecule has 13 heavy (non-hydrogen) atoms. The summed E-state index contributed by atoms with van der Waals surface area (Å²) in [5.41, 5.74) is 0. The molecule has 1 atom stereocenters. The Morgan fingerprint density at radius 2 is 1.77 bits per heavy atom. The van der Waals surface area contributed by atoms with E-state index in [0.717, 1.165) is 0 Å². The summed E-state index contributed by atoms with van der Waals surface area (Å²) in [6.45, 7) is 4.45. The van der Waals surface area contributed by atoms with E-state index in [4.69, 9.17) is 0 Å². The first-order valence-electron chi connectivity index (χ1n) is 3.99. The van der Waals surface area contributed by atoms with Crippen LogP contribution in [0, 0.1) is 5.92 Å². The number of hydrogen-bond donors (Lipinski definition) is 0. The number of hydrogen-bond acceptors (Lipinski definition) is 2. The Morgan fingerprint density at radius 1 is 1.31 bits per heavy atom. The van der Waals surface area contributed by atoms with E-state index in [1.807, 2.05) is 0 Å². The van der Waals surface area contributed by atoms with Gasteiger partial charge in [-0.1, -0.05) is 6.92 Å². The second-order valence-electron chi connectivity index (χ2n) is 3.21. The molecule has 78 valence electrons. The van der Waals surface area contributed by atoms with Gasteiger partial charge in [0, 0.05) is 6.04 Å². The molecule has 0 rings (SSSR count). The Morgan fingerprint density at radius 3 is 2.08 bits per heavy atom. The number of ether oxygens (including phenoxy) is 1. The highest BCUT2D eigenvalue weighted by atomic mass is 28.5. The van der Waals surface area contributed by atoms with Gasteiger partial charge in [0.05, 0.1) is 12.0 Å². The molecule has 0 radical (unpaired) electrons. The predicted octanol–water partition coefficient (Wildman–Crippen LogP) is 2.42. The van der Waals surface area contributed by atoms with Gasteiger partial charge in [-0.25, -0.2) is 12.3 Å². The lowest BCUT2D eigenvalue weighted by atomic mass is 10.2. The molecule has 0 aliphatic heterocycles. The molecule has 0 aromatic carbocycles. The third-order valence-corrected chi connectivity index (χ3v) is 2.37. The summed E-state index contributed by atoms with van der Waals surface area (Å²) in [5, 5.41) is 0. The minimum atomic E-state index is -5.63.